The predicted molar refractivity (Wildman–Crippen MR) is 142 cm³/mol. The molecule has 0 atom stereocenters. The maximum atomic E-state index is 12.3. The van der Waals surface area contributed by atoms with Gasteiger partial charge in [0.1, 0.15) is 6.61 Å². The van der Waals surface area contributed by atoms with Crippen molar-refractivity contribution in [2.45, 2.75) is 18.1 Å². The number of fused-ring (bicyclic) bond motifs is 1. The molecule has 11 heteroatoms. The fraction of sp³-hybridized carbons (Fsp3) is 0.120. The highest BCUT2D eigenvalue weighted by atomic mass is 127. The van der Waals surface area contributed by atoms with Crippen LogP contribution in [0.25, 0.3) is 28.0 Å². The zero-order chi connectivity index (χ0) is 25.2. The molecule has 4 heterocycles. The average molecular weight is 590 g/mol. The molecule has 10 nitrogen and oxygen atoms in total. The summed E-state index contributed by atoms with van der Waals surface area (Å²) in [6.07, 6.45) is 1.74. The Morgan fingerprint density at radius 3 is 2.69 bits per heavy atom. The van der Waals surface area contributed by atoms with E-state index in [-0.39, 0.29) is 24.1 Å². The summed E-state index contributed by atoms with van der Waals surface area (Å²) in [4.78, 5) is 25.9. The van der Waals surface area contributed by atoms with Gasteiger partial charge < -0.3 is 15.0 Å². The van der Waals surface area contributed by atoms with Crippen molar-refractivity contribution in [1.29, 1.82) is 5.26 Å². The monoisotopic (exact) mass is 590 g/mol. The standard InChI is InChI=1S/C25H19IN8O2/c1-15-4-2-7-19(29-15)13-36-25-31-23-21(18-8-9-20(35)33(12-18)14-26)22(30-24(28)34(23)32-25)17-6-3-5-16(10-17)11-27/h2-10,12H,13-14H2,1H3,(H2,28,30). The SMILES string of the molecule is Cc1cccc(COc2nc3c(-c4ccc(=O)n(CI)c4)c(-c4cccc(C#N)c4)nc(N)n3n2)n1. The average Bonchev–Trinajstić information content (AvgIpc) is 3.33. The van der Waals surface area contributed by atoms with Crippen LogP contribution in [0.3, 0.4) is 0 Å². The smallest absolute Gasteiger partial charge is 0.336 e. The minimum absolute atomic E-state index is 0.101. The minimum atomic E-state index is -0.128. The Bertz CT molecular complexity index is 1700. The van der Waals surface area contributed by atoms with Crippen LogP contribution >= 0.6 is 22.6 Å². The Kier molecular flexibility index (Phi) is 6.34. The number of nitrogen functional groups attached to an aromatic ring is 1. The van der Waals surface area contributed by atoms with E-state index < -0.39 is 0 Å². The van der Waals surface area contributed by atoms with E-state index in [1.807, 2.05) is 31.2 Å². The fourth-order valence-electron chi connectivity index (χ4n) is 3.80. The van der Waals surface area contributed by atoms with Gasteiger partial charge in [0.05, 0.1) is 33.1 Å². The molecule has 0 saturated heterocycles. The highest BCUT2D eigenvalue weighted by Crippen LogP contribution is 2.35. The van der Waals surface area contributed by atoms with Gasteiger partial charge in [-0.25, -0.2) is 4.98 Å². The van der Waals surface area contributed by atoms with E-state index >= 15 is 0 Å². The second kappa shape index (κ2) is 9.74. The number of ether oxygens (including phenoxy) is 1. The van der Waals surface area contributed by atoms with Crippen LogP contribution < -0.4 is 16.0 Å². The number of nitriles is 1. The van der Waals surface area contributed by atoms with E-state index in [1.165, 1.54) is 10.6 Å². The molecular formula is C25H19IN8O2. The Morgan fingerprint density at radius 2 is 1.92 bits per heavy atom. The van der Waals surface area contributed by atoms with Crippen molar-refractivity contribution in [3.63, 3.8) is 0 Å². The second-order valence-corrected chi connectivity index (χ2v) is 8.60. The number of aromatic nitrogens is 6. The summed E-state index contributed by atoms with van der Waals surface area (Å²) in [5, 5.41) is 13.8. The first kappa shape index (κ1) is 23.4. The van der Waals surface area contributed by atoms with Gasteiger partial charge >= 0.3 is 6.01 Å². The van der Waals surface area contributed by atoms with Crippen LogP contribution in [0.4, 0.5) is 5.95 Å². The number of alkyl halides is 1. The number of nitrogens with zero attached hydrogens (tertiary/aromatic N) is 7. The number of benzene rings is 1. The minimum Gasteiger partial charge on any atom is -0.456 e. The van der Waals surface area contributed by atoms with E-state index in [0.29, 0.717) is 38.1 Å². The summed E-state index contributed by atoms with van der Waals surface area (Å²) < 4.78 is 9.29. The van der Waals surface area contributed by atoms with Crippen molar-refractivity contribution in [3.05, 3.63) is 88.1 Å². The molecule has 2 N–H and O–H groups in total. The fourth-order valence-corrected chi connectivity index (χ4v) is 4.33. The molecule has 0 bridgehead atoms. The van der Waals surface area contributed by atoms with Crippen LogP contribution in [-0.4, -0.2) is 29.1 Å². The van der Waals surface area contributed by atoms with Gasteiger partial charge in [-0.2, -0.15) is 14.8 Å². The lowest BCUT2D eigenvalue weighted by Crippen LogP contribution is -2.16. The lowest BCUT2D eigenvalue weighted by atomic mass is 10.00. The van der Waals surface area contributed by atoms with Crippen LogP contribution in [0.1, 0.15) is 17.0 Å². The molecule has 178 valence electrons. The molecule has 5 aromatic rings. The topological polar surface area (TPSA) is 137 Å². The maximum Gasteiger partial charge on any atom is 0.336 e. The quantitative estimate of drug-likeness (QED) is 0.233. The predicted octanol–water partition coefficient (Wildman–Crippen LogP) is 3.75. The van der Waals surface area contributed by atoms with Gasteiger partial charge in [-0.05, 0) is 37.3 Å². The van der Waals surface area contributed by atoms with Gasteiger partial charge in [0.2, 0.25) is 5.95 Å². The van der Waals surface area contributed by atoms with Crippen molar-refractivity contribution < 1.29 is 4.74 Å². The molecule has 0 unspecified atom stereocenters. The van der Waals surface area contributed by atoms with E-state index in [2.05, 4.69) is 48.7 Å². The zero-order valence-electron chi connectivity index (χ0n) is 19.1. The lowest BCUT2D eigenvalue weighted by molar-refractivity contribution is 0.277. The van der Waals surface area contributed by atoms with E-state index in [1.54, 1.807) is 35.0 Å². The van der Waals surface area contributed by atoms with Crippen molar-refractivity contribution in [1.82, 2.24) is 29.1 Å². The van der Waals surface area contributed by atoms with Gasteiger partial charge in [-0.1, -0.05) is 40.8 Å². The molecule has 0 radical (unpaired) electrons. The van der Waals surface area contributed by atoms with Gasteiger partial charge in [0.15, 0.2) is 5.65 Å². The summed E-state index contributed by atoms with van der Waals surface area (Å²) >= 11 is 2.12. The zero-order valence-corrected chi connectivity index (χ0v) is 21.2. The number of anilines is 1. The molecule has 0 spiro atoms. The Morgan fingerprint density at radius 1 is 1.08 bits per heavy atom. The number of hydrogen-bond acceptors (Lipinski definition) is 8. The van der Waals surface area contributed by atoms with Gasteiger partial charge in [-0.15, -0.1) is 5.10 Å². The van der Waals surface area contributed by atoms with E-state index in [0.717, 1.165) is 11.4 Å². The third-order valence-corrected chi connectivity index (χ3v) is 6.19. The molecule has 0 aliphatic rings. The molecule has 0 amide bonds. The maximum absolute atomic E-state index is 12.3. The molecule has 0 saturated carbocycles. The third-order valence-electron chi connectivity index (χ3n) is 5.45. The molecule has 0 fully saturated rings. The number of rotatable bonds is 6. The number of hydrogen-bond donors (Lipinski definition) is 1. The van der Waals surface area contributed by atoms with Crippen molar-refractivity contribution in [2.24, 2.45) is 0 Å². The van der Waals surface area contributed by atoms with Gasteiger partial charge in [-0.3, -0.25) is 9.78 Å². The number of nitrogens with two attached hydrogens (primary N) is 1. The summed E-state index contributed by atoms with van der Waals surface area (Å²) in [7, 11) is 0. The van der Waals surface area contributed by atoms with Crippen LogP contribution in [0.15, 0.2) is 65.6 Å². The van der Waals surface area contributed by atoms with Crippen molar-refractivity contribution >= 4 is 34.2 Å². The molecular weight excluding hydrogens is 571 g/mol. The number of pyridine rings is 2. The van der Waals surface area contributed by atoms with Crippen molar-refractivity contribution in [2.75, 3.05) is 5.73 Å². The molecule has 36 heavy (non-hydrogen) atoms. The molecule has 4 aromatic heterocycles. The first-order chi connectivity index (χ1) is 17.5. The number of aryl methyl sites for hydroxylation is 1. The summed E-state index contributed by atoms with van der Waals surface area (Å²) in [6, 6.07) is 18.2. The molecule has 5 rings (SSSR count). The first-order valence-electron chi connectivity index (χ1n) is 10.9. The third kappa shape index (κ3) is 4.50. The Balaban J connectivity index is 1.70. The van der Waals surface area contributed by atoms with E-state index in [4.69, 9.17) is 10.5 Å². The molecule has 1 aromatic carbocycles. The van der Waals surface area contributed by atoms with Crippen molar-refractivity contribution in [3.8, 4) is 34.5 Å². The van der Waals surface area contributed by atoms with Crippen LogP contribution in [0.5, 0.6) is 6.01 Å². The Labute approximate surface area is 219 Å². The largest absolute Gasteiger partial charge is 0.456 e. The normalized spacial score (nSPS) is 10.9. The van der Waals surface area contributed by atoms with Crippen LogP contribution in [0, 0.1) is 18.3 Å². The van der Waals surface area contributed by atoms with Gasteiger partial charge in [0, 0.05) is 29.1 Å². The Hall–Kier alpha value is -4.31. The summed E-state index contributed by atoms with van der Waals surface area (Å²) in [6.45, 7) is 2.08. The molecule has 0 aliphatic carbocycles. The highest BCUT2D eigenvalue weighted by Gasteiger charge is 2.21. The van der Waals surface area contributed by atoms with Crippen LogP contribution in [-0.2, 0) is 11.2 Å². The second-order valence-electron chi connectivity index (χ2n) is 7.92. The summed E-state index contributed by atoms with van der Waals surface area (Å²) in [5.74, 6) is 0.101. The van der Waals surface area contributed by atoms with Gasteiger partial charge in [0.25, 0.3) is 5.56 Å². The highest BCUT2D eigenvalue weighted by molar-refractivity contribution is 14.1. The van der Waals surface area contributed by atoms with Crippen LogP contribution in [0.2, 0.25) is 0 Å². The molecule has 0 aliphatic heterocycles. The number of halogens is 1. The van der Waals surface area contributed by atoms with E-state index in [9.17, 15) is 10.1 Å². The first-order valence-corrected chi connectivity index (χ1v) is 12.4. The lowest BCUT2D eigenvalue weighted by Gasteiger charge is -2.13. The summed E-state index contributed by atoms with van der Waals surface area (Å²) in [5.41, 5.74) is 11.2.